The van der Waals surface area contributed by atoms with Gasteiger partial charge in [-0.15, -0.1) is 0 Å². The zero-order valence-electron chi connectivity index (χ0n) is 24.8. The van der Waals surface area contributed by atoms with Crippen LogP contribution in [0.5, 0.6) is 0 Å². The standard InChI is InChI=1S/C17H12Cl2N2O2.C9H8N2.C8H5BrCl2O2/c1-23-17(22)16-13(18)7-12(8-14(16)19)21-9-15(20-10-21)11-5-3-2-4-6-11;1-2-4-8(5-3-1)9-6-10-7-11-9;1-13-8(12)7-5(10)2-4(9)3-6(7)11/h2-10H,1H3;1-7H,(H,10,11);2-3H,1H3. The summed E-state index contributed by atoms with van der Waals surface area (Å²) in [5.74, 6) is -1.11. The molecule has 0 bridgehead atoms. The molecule has 6 aromatic rings. The molecule has 47 heavy (non-hydrogen) atoms. The molecule has 0 amide bonds. The zero-order valence-corrected chi connectivity index (χ0v) is 29.4. The van der Waals surface area contributed by atoms with Crippen molar-refractivity contribution in [1.29, 1.82) is 0 Å². The highest BCUT2D eigenvalue weighted by Crippen LogP contribution is 2.31. The minimum atomic E-state index is -0.567. The Hall–Kier alpha value is -4.12. The largest absolute Gasteiger partial charge is 0.465 e. The van der Waals surface area contributed by atoms with Gasteiger partial charge >= 0.3 is 11.9 Å². The van der Waals surface area contributed by atoms with Gasteiger partial charge in [-0.2, -0.15) is 0 Å². The predicted molar refractivity (Wildman–Crippen MR) is 190 cm³/mol. The van der Waals surface area contributed by atoms with Crippen LogP contribution in [0.1, 0.15) is 20.7 Å². The number of hydrogen-bond acceptors (Lipinski definition) is 6. The molecule has 0 fully saturated rings. The van der Waals surface area contributed by atoms with Gasteiger partial charge in [0.05, 0.1) is 75.7 Å². The summed E-state index contributed by atoms with van der Waals surface area (Å²) in [6.45, 7) is 0. The number of nitrogens with zero attached hydrogens (tertiary/aromatic N) is 3. The summed E-state index contributed by atoms with van der Waals surface area (Å²) in [5.41, 5.74) is 5.12. The topological polar surface area (TPSA) is 99.1 Å². The van der Waals surface area contributed by atoms with Crippen LogP contribution in [0.2, 0.25) is 20.1 Å². The molecule has 0 radical (unpaired) electrons. The van der Waals surface area contributed by atoms with E-state index in [9.17, 15) is 9.59 Å². The van der Waals surface area contributed by atoms with Crippen LogP contribution in [0.4, 0.5) is 0 Å². The van der Waals surface area contributed by atoms with Crippen LogP contribution >= 0.6 is 62.3 Å². The van der Waals surface area contributed by atoms with E-state index in [0.717, 1.165) is 21.4 Å². The highest BCUT2D eigenvalue weighted by molar-refractivity contribution is 9.10. The Morgan fingerprint density at radius 1 is 0.745 bits per heavy atom. The lowest BCUT2D eigenvalue weighted by atomic mass is 10.2. The van der Waals surface area contributed by atoms with Gasteiger partial charge in [0.2, 0.25) is 0 Å². The minimum absolute atomic E-state index is 0.156. The summed E-state index contributed by atoms with van der Waals surface area (Å²) in [7, 11) is 2.56. The second-order valence-corrected chi connectivity index (χ2v) is 11.9. The molecular weight excluding hydrogens is 750 g/mol. The first-order valence-corrected chi connectivity index (χ1v) is 15.9. The van der Waals surface area contributed by atoms with E-state index in [1.54, 1.807) is 41.5 Å². The minimum Gasteiger partial charge on any atom is -0.465 e. The molecule has 2 heterocycles. The third-order valence-corrected chi connectivity index (χ3v) is 8.00. The van der Waals surface area contributed by atoms with Gasteiger partial charge in [-0.25, -0.2) is 19.6 Å². The lowest BCUT2D eigenvalue weighted by Crippen LogP contribution is -2.04. The molecule has 0 spiro atoms. The first kappa shape index (κ1) is 35.7. The van der Waals surface area contributed by atoms with E-state index in [1.165, 1.54) is 19.8 Å². The van der Waals surface area contributed by atoms with Crippen LogP contribution in [-0.2, 0) is 9.47 Å². The molecule has 0 saturated carbocycles. The van der Waals surface area contributed by atoms with Crippen LogP contribution in [0.3, 0.4) is 0 Å². The quantitative estimate of drug-likeness (QED) is 0.175. The Kier molecular flexibility index (Phi) is 13.0. The molecule has 13 heteroatoms. The molecule has 6 rings (SSSR count). The number of aromatic amines is 1. The second-order valence-electron chi connectivity index (χ2n) is 9.38. The number of ether oxygens (including phenoxy) is 2. The van der Waals surface area contributed by atoms with E-state index in [2.05, 4.69) is 40.4 Å². The number of nitrogens with one attached hydrogen (secondary N) is 1. The summed E-state index contributed by atoms with van der Waals surface area (Å²) in [5, 5.41) is 1.00. The van der Waals surface area contributed by atoms with Crippen LogP contribution < -0.4 is 0 Å². The fourth-order valence-electron chi connectivity index (χ4n) is 4.10. The Bertz CT molecular complexity index is 1910. The number of carbonyl (C=O) groups excluding carboxylic acids is 2. The van der Waals surface area contributed by atoms with Gasteiger partial charge in [0.1, 0.15) is 0 Å². The average Bonchev–Trinajstić information content (AvgIpc) is 3.79. The first-order valence-electron chi connectivity index (χ1n) is 13.6. The van der Waals surface area contributed by atoms with Crippen molar-refractivity contribution in [1.82, 2.24) is 19.5 Å². The number of imidazole rings is 2. The molecule has 0 unspecified atom stereocenters. The Labute approximate surface area is 299 Å². The SMILES string of the molecule is COC(=O)c1c(Cl)cc(-n2cnc(-c3ccccc3)c2)cc1Cl.COC(=O)c1c(Cl)cc(Br)cc1Cl.c1ccc(-c2cnc[nH]2)cc1. The van der Waals surface area contributed by atoms with Crippen molar-refractivity contribution in [2.75, 3.05) is 14.2 Å². The molecule has 0 aliphatic heterocycles. The summed E-state index contributed by atoms with van der Waals surface area (Å²) in [6, 6.07) is 26.4. The van der Waals surface area contributed by atoms with E-state index >= 15 is 0 Å². The number of rotatable bonds is 5. The van der Waals surface area contributed by atoms with Crippen LogP contribution in [0.15, 0.2) is 114 Å². The fraction of sp³-hybridized carbons (Fsp3) is 0.0588. The van der Waals surface area contributed by atoms with Crippen molar-refractivity contribution in [2.24, 2.45) is 0 Å². The zero-order chi connectivity index (χ0) is 33.9. The van der Waals surface area contributed by atoms with Gasteiger partial charge in [0, 0.05) is 21.9 Å². The number of methoxy groups -OCH3 is 2. The summed E-state index contributed by atoms with van der Waals surface area (Å²) in [6.07, 6.45) is 7.04. The Morgan fingerprint density at radius 3 is 1.70 bits per heavy atom. The molecule has 1 N–H and O–H groups in total. The Morgan fingerprint density at radius 2 is 1.23 bits per heavy atom. The van der Waals surface area contributed by atoms with Crippen molar-refractivity contribution < 1.29 is 19.1 Å². The van der Waals surface area contributed by atoms with Crippen molar-refractivity contribution in [3.05, 3.63) is 146 Å². The number of H-pyrrole nitrogens is 1. The molecule has 0 aliphatic carbocycles. The van der Waals surface area contributed by atoms with E-state index < -0.39 is 11.9 Å². The number of benzene rings is 4. The molecule has 8 nitrogen and oxygen atoms in total. The number of halogens is 5. The Balaban J connectivity index is 0.000000176. The third kappa shape index (κ3) is 9.47. The van der Waals surface area contributed by atoms with Gasteiger partial charge in [0.25, 0.3) is 0 Å². The highest BCUT2D eigenvalue weighted by Gasteiger charge is 2.18. The number of hydrogen-bond donors (Lipinski definition) is 1. The normalized spacial score (nSPS) is 10.2. The molecular formula is C34H25BrCl4N4O4. The van der Waals surface area contributed by atoms with Gasteiger partial charge in [-0.1, -0.05) is 123 Å². The summed E-state index contributed by atoms with van der Waals surface area (Å²) < 4.78 is 11.7. The van der Waals surface area contributed by atoms with Crippen LogP contribution in [0, 0.1) is 0 Å². The molecule has 2 aromatic heterocycles. The number of carbonyl (C=O) groups is 2. The maximum atomic E-state index is 11.7. The molecule has 240 valence electrons. The van der Waals surface area contributed by atoms with Crippen LogP contribution in [-0.4, -0.2) is 45.7 Å². The first-order chi connectivity index (χ1) is 22.6. The van der Waals surface area contributed by atoms with E-state index in [4.69, 9.17) is 46.4 Å². The van der Waals surface area contributed by atoms with Crippen molar-refractivity contribution >= 4 is 74.3 Å². The lowest BCUT2D eigenvalue weighted by Gasteiger charge is -2.08. The van der Waals surface area contributed by atoms with Crippen LogP contribution in [0.25, 0.3) is 28.2 Å². The fourth-order valence-corrected chi connectivity index (χ4v) is 6.09. The van der Waals surface area contributed by atoms with E-state index in [1.807, 2.05) is 73.1 Å². The third-order valence-electron chi connectivity index (χ3n) is 6.35. The maximum Gasteiger partial charge on any atom is 0.340 e. The van der Waals surface area contributed by atoms with Crippen molar-refractivity contribution in [2.45, 2.75) is 0 Å². The predicted octanol–water partition coefficient (Wildman–Crippen LogP) is 10.3. The van der Waals surface area contributed by atoms with Gasteiger partial charge < -0.3 is 19.0 Å². The van der Waals surface area contributed by atoms with Crippen molar-refractivity contribution in [3.63, 3.8) is 0 Å². The number of esters is 2. The molecule has 0 aliphatic rings. The van der Waals surface area contributed by atoms with E-state index in [-0.39, 0.29) is 31.2 Å². The monoisotopic (exact) mass is 772 g/mol. The average molecular weight is 775 g/mol. The summed E-state index contributed by atoms with van der Waals surface area (Å²) in [4.78, 5) is 34.2. The summed E-state index contributed by atoms with van der Waals surface area (Å²) >= 11 is 27.1. The molecule has 0 saturated heterocycles. The second kappa shape index (κ2) is 17.2. The molecule has 4 aromatic carbocycles. The van der Waals surface area contributed by atoms with Crippen molar-refractivity contribution in [3.8, 4) is 28.2 Å². The van der Waals surface area contributed by atoms with Gasteiger partial charge in [-0.3, -0.25) is 0 Å². The highest BCUT2D eigenvalue weighted by atomic mass is 79.9. The van der Waals surface area contributed by atoms with E-state index in [0.29, 0.717) is 5.69 Å². The van der Waals surface area contributed by atoms with Gasteiger partial charge in [-0.05, 0) is 29.8 Å². The smallest absolute Gasteiger partial charge is 0.340 e. The van der Waals surface area contributed by atoms with Gasteiger partial charge in [0.15, 0.2) is 0 Å². The number of aromatic nitrogens is 4. The lowest BCUT2D eigenvalue weighted by molar-refractivity contribution is 0.0592. The maximum absolute atomic E-state index is 11.7. The molecule has 0 atom stereocenters.